The van der Waals surface area contributed by atoms with Gasteiger partial charge in [0.05, 0.1) is 11.9 Å². The quantitative estimate of drug-likeness (QED) is 0.925. The summed E-state index contributed by atoms with van der Waals surface area (Å²) in [5, 5.41) is 2.94. The Labute approximate surface area is 125 Å². The molecule has 1 aromatic carbocycles. The SMILES string of the molecule is CC(C(=O)Nc1ccc2c(c1)CCN2S(C)(=O)=O)C1CC1. The van der Waals surface area contributed by atoms with Gasteiger partial charge < -0.3 is 5.32 Å². The Morgan fingerprint density at radius 2 is 2.10 bits per heavy atom. The van der Waals surface area contributed by atoms with Crippen LogP contribution in [0.25, 0.3) is 0 Å². The lowest BCUT2D eigenvalue weighted by atomic mass is 10.1. The highest BCUT2D eigenvalue weighted by Crippen LogP contribution is 2.37. The van der Waals surface area contributed by atoms with Crippen molar-refractivity contribution in [1.82, 2.24) is 0 Å². The van der Waals surface area contributed by atoms with Gasteiger partial charge in [0.15, 0.2) is 0 Å². The number of hydrogen-bond acceptors (Lipinski definition) is 3. The van der Waals surface area contributed by atoms with Crippen LogP contribution in [-0.4, -0.2) is 27.1 Å². The summed E-state index contributed by atoms with van der Waals surface area (Å²) in [6.07, 6.45) is 4.18. The van der Waals surface area contributed by atoms with Crippen LogP contribution in [0, 0.1) is 11.8 Å². The molecule has 1 aliphatic heterocycles. The molecule has 0 bridgehead atoms. The van der Waals surface area contributed by atoms with E-state index in [0.29, 0.717) is 18.9 Å². The van der Waals surface area contributed by atoms with E-state index in [-0.39, 0.29) is 11.8 Å². The third-order valence-corrected chi connectivity index (χ3v) is 5.52. The smallest absolute Gasteiger partial charge is 0.232 e. The first-order valence-electron chi connectivity index (χ1n) is 7.28. The molecular formula is C15H20N2O3S. The Bertz CT molecular complexity index is 680. The maximum atomic E-state index is 12.1. The number of amides is 1. The maximum Gasteiger partial charge on any atom is 0.232 e. The molecule has 1 saturated carbocycles. The van der Waals surface area contributed by atoms with Gasteiger partial charge in [0, 0.05) is 18.2 Å². The lowest BCUT2D eigenvalue weighted by Crippen LogP contribution is -2.27. The number of carbonyl (C=O) groups is 1. The van der Waals surface area contributed by atoms with Crippen LogP contribution in [-0.2, 0) is 21.2 Å². The summed E-state index contributed by atoms with van der Waals surface area (Å²) in [6, 6.07) is 5.44. The van der Waals surface area contributed by atoms with E-state index >= 15 is 0 Å². The number of nitrogens with zero attached hydrogens (tertiary/aromatic N) is 1. The van der Waals surface area contributed by atoms with Crippen LogP contribution in [0.3, 0.4) is 0 Å². The van der Waals surface area contributed by atoms with Gasteiger partial charge in [0.25, 0.3) is 0 Å². The molecule has 6 heteroatoms. The second-order valence-corrected chi connectivity index (χ2v) is 7.95. The Morgan fingerprint density at radius 1 is 1.38 bits per heavy atom. The highest BCUT2D eigenvalue weighted by Gasteiger charge is 2.33. The van der Waals surface area contributed by atoms with E-state index in [1.165, 1.54) is 10.6 Å². The Hall–Kier alpha value is -1.56. The lowest BCUT2D eigenvalue weighted by molar-refractivity contribution is -0.119. The monoisotopic (exact) mass is 308 g/mol. The summed E-state index contributed by atoms with van der Waals surface area (Å²) in [6.45, 7) is 2.44. The molecule has 1 aromatic rings. The molecule has 1 amide bonds. The van der Waals surface area contributed by atoms with E-state index in [1.807, 2.05) is 13.0 Å². The number of carbonyl (C=O) groups excluding carboxylic acids is 1. The fourth-order valence-corrected chi connectivity index (χ4v) is 3.82. The lowest BCUT2D eigenvalue weighted by Gasteiger charge is -2.17. The average Bonchev–Trinajstić information content (AvgIpc) is 3.16. The van der Waals surface area contributed by atoms with Crippen molar-refractivity contribution in [2.45, 2.75) is 26.2 Å². The fraction of sp³-hybridized carbons (Fsp3) is 0.533. The van der Waals surface area contributed by atoms with E-state index in [0.717, 1.165) is 29.8 Å². The molecule has 0 radical (unpaired) electrons. The normalized spacial score (nSPS) is 19.2. The van der Waals surface area contributed by atoms with Crippen molar-refractivity contribution < 1.29 is 13.2 Å². The molecule has 3 rings (SSSR count). The topological polar surface area (TPSA) is 66.5 Å². The first-order chi connectivity index (χ1) is 9.86. The number of anilines is 2. The second kappa shape index (κ2) is 5.02. The molecule has 5 nitrogen and oxygen atoms in total. The number of benzene rings is 1. The number of sulfonamides is 1. The van der Waals surface area contributed by atoms with E-state index in [9.17, 15) is 13.2 Å². The zero-order chi connectivity index (χ0) is 15.2. The molecule has 0 saturated heterocycles. The van der Waals surface area contributed by atoms with Crippen molar-refractivity contribution in [2.75, 3.05) is 22.4 Å². The highest BCUT2D eigenvalue weighted by molar-refractivity contribution is 7.92. The molecule has 1 aliphatic carbocycles. The molecular weight excluding hydrogens is 288 g/mol. The maximum absolute atomic E-state index is 12.1. The third kappa shape index (κ3) is 2.90. The van der Waals surface area contributed by atoms with Gasteiger partial charge in [0.1, 0.15) is 0 Å². The van der Waals surface area contributed by atoms with Crippen molar-refractivity contribution >= 4 is 27.3 Å². The van der Waals surface area contributed by atoms with Gasteiger partial charge in [-0.05, 0) is 48.9 Å². The minimum Gasteiger partial charge on any atom is -0.326 e. The highest BCUT2D eigenvalue weighted by atomic mass is 32.2. The van der Waals surface area contributed by atoms with E-state index in [2.05, 4.69) is 5.32 Å². The molecule has 2 aliphatic rings. The van der Waals surface area contributed by atoms with E-state index < -0.39 is 10.0 Å². The molecule has 1 heterocycles. The molecule has 1 N–H and O–H groups in total. The van der Waals surface area contributed by atoms with Crippen LogP contribution in [0.4, 0.5) is 11.4 Å². The average molecular weight is 308 g/mol. The zero-order valence-corrected chi connectivity index (χ0v) is 13.1. The van der Waals surface area contributed by atoms with Crippen molar-refractivity contribution in [2.24, 2.45) is 11.8 Å². The summed E-state index contributed by atoms with van der Waals surface area (Å²) in [7, 11) is -3.22. The molecule has 1 fully saturated rings. The van der Waals surface area contributed by atoms with Crippen LogP contribution in [0.5, 0.6) is 0 Å². The standard InChI is InChI=1S/C15H20N2O3S/c1-10(11-3-4-11)15(18)16-13-5-6-14-12(9-13)7-8-17(14)21(2,19)20/h5-6,9-11H,3-4,7-8H2,1-2H3,(H,16,18). The first kappa shape index (κ1) is 14.4. The Kier molecular flexibility index (Phi) is 3.43. The van der Waals surface area contributed by atoms with Crippen LogP contribution in [0.2, 0.25) is 0 Å². The first-order valence-corrected chi connectivity index (χ1v) is 9.12. The Morgan fingerprint density at radius 3 is 2.71 bits per heavy atom. The minimum absolute atomic E-state index is 0.0470. The molecule has 1 unspecified atom stereocenters. The largest absolute Gasteiger partial charge is 0.326 e. The van der Waals surface area contributed by atoms with Gasteiger partial charge in [-0.25, -0.2) is 8.42 Å². The van der Waals surface area contributed by atoms with Gasteiger partial charge in [-0.1, -0.05) is 6.92 Å². The number of fused-ring (bicyclic) bond motifs is 1. The van der Waals surface area contributed by atoms with Gasteiger partial charge in [-0.15, -0.1) is 0 Å². The predicted molar refractivity (Wildman–Crippen MR) is 82.9 cm³/mol. The number of hydrogen-bond donors (Lipinski definition) is 1. The van der Waals surface area contributed by atoms with Gasteiger partial charge >= 0.3 is 0 Å². The minimum atomic E-state index is -3.22. The van der Waals surface area contributed by atoms with E-state index in [4.69, 9.17) is 0 Å². The fourth-order valence-electron chi connectivity index (χ4n) is 2.86. The van der Waals surface area contributed by atoms with Gasteiger partial charge in [-0.2, -0.15) is 0 Å². The molecule has 0 spiro atoms. The van der Waals surface area contributed by atoms with Crippen molar-refractivity contribution in [3.63, 3.8) is 0 Å². The molecule has 21 heavy (non-hydrogen) atoms. The van der Waals surface area contributed by atoms with Crippen LogP contribution in [0.15, 0.2) is 18.2 Å². The van der Waals surface area contributed by atoms with Crippen molar-refractivity contribution in [1.29, 1.82) is 0 Å². The molecule has 1 atom stereocenters. The molecule has 114 valence electrons. The zero-order valence-electron chi connectivity index (χ0n) is 12.3. The number of nitrogens with one attached hydrogen (secondary N) is 1. The summed E-state index contributed by atoms with van der Waals surface area (Å²) in [5.74, 6) is 0.626. The predicted octanol–water partition coefficient (Wildman–Crippen LogP) is 1.99. The second-order valence-electron chi connectivity index (χ2n) is 6.04. The van der Waals surface area contributed by atoms with Gasteiger partial charge in [-0.3, -0.25) is 9.10 Å². The van der Waals surface area contributed by atoms with Crippen LogP contribution >= 0.6 is 0 Å². The van der Waals surface area contributed by atoms with Gasteiger partial charge in [0.2, 0.25) is 15.9 Å². The Balaban J connectivity index is 1.77. The number of rotatable bonds is 4. The van der Waals surface area contributed by atoms with Crippen LogP contribution < -0.4 is 9.62 Å². The van der Waals surface area contributed by atoms with Crippen molar-refractivity contribution in [3.05, 3.63) is 23.8 Å². The summed E-state index contributed by atoms with van der Waals surface area (Å²) in [4.78, 5) is 12.1. The summed E-state index contributed by atoms with van der Waals surface area (Å²) >= 11 is 0. The van der Waals surface area contributed by atoms with Crippen molar-refractivity contribution in [3.8, 4) is 0 Å². The van der Waals surface area contributed by atoms with Crippen LogP contribution in [0.1, 0.15) is 25.3 Å². The third-order valence-electron chi connectivity index (χ3n) is 4.34. The summed E-state index contributed by atoms with van der Waals surface area (Å²) in [5.41, 5.74) is 2.45. The molecule has 0 aromatic heterocycles. The summed E-state index contributed by atoms with van der Waals surface area (Å²) < 4.78 is 24.8. The van der Waals surface area contributed by atoms with E-state index in [1.54, 1.807) is 12.1 Å².